The molecule has 0 amide bonds. The summed E-state index contributed by atoms with van der Waals surface area (Å²) < 4.78 is 6.94. The first-order valence-corrected chi connectivity index (χ1v) is 6.00. The van der Waals surface area contributed by atoms with Gasteiger partial charge in [-0.25, -0.2) is 4.68 Å². The summed E-state index contributed by atoms with van der Waals surface area (Å²) in [5, 5.41) is 5.33. The average molecular weight is 250 g/mol. The molecule has 4 nitrogen and oxygen atoms in total. The molecule has 2 heterocycles. The minimum Gasteiger partial charge on any atom is -0.497 e. The number of fused-ring (bicyclic) bond motifs is 5. The monoisotopic (exact) mass is 250 g/mol. The number of ketones is 1. The maximum Gasteiger partial charge on any atom is 0.214 e. The van der Waals surface area contributed by atoms with Crippen molar-refractivity contribution in [1.29, 1.82) is 0 Å². The molecule has 3 aromatic rings. The van der Waals surface area contributed by atoms with Crippen molar-refractivity contribution in [2.75, 3.05) is 7.11 Å². The van der Waals surface area contributed by atoms with Crippen molar-refractivity contribution in [1.82, 2.24) is 9.78 Å². The number of hydrogen-bond acceptors (Lipinski definition) is 3. The highest BCUT2D eigenvalue weighted by Crippen LogP contribution is 2.33. The molecule has 0 unspecified atom stereocenters. The Morgan fingerprint density at radius 3 is 2.84 bits per heavy atom. The molecule has 0 spiro atoms. The molecule has 0 N–H and O–H groups in total. The van der Waals surface area contributed by atoms with Crippen molar-refractivity contribution < 1.29 is 9.53 Å². The lowest BCUT2D eigenvalue weighted by atomic mass is 10.1. The summed E-state index contributed by atoms with van der Waals surface area (Å²) in [6, 6.07) is 13.1. The lowest BCUT2D eigenvalue weighted by Crippen LogP contribution is -1.96. The van der Waals surface area contributed by atoms with E-state index >= 15 is 0 Å². The third kappa shape index (κ3) is 1.23. The molecule has 19 heavy (non-hydrogen) atoms. The van der Waals surface area contributed by atoms with Crippen molar-refractivity contribution >= 4 is 16.7 Å². The fourth-order valence-electron chi connectivity index (χ4n) is 2.56. The van der Waals surface area contributed by atoms with E-state index in [0.29, 0.717) is 11.3 Å². The Kier molecular flexibility index (Phi) is 1.87. The number of ether oxygens (including phenoxy) is 1. The second-order valence-electron chi connectivity index (χ2n) is 4.49. The number of carbonyl (C=O) groups is 1. The van der Waals surface area contributed by atoms with Gasteiger partial charge in [-0.3, -0.25) is 4.79 Å². The summed E-state index contributed by atoms with van der Waals surface area (Å²) in [5.74, 6) is 0.749. The van der Waals surface area contributed by atoms with Crippen LogP contribution in [0.25, 0.3) is 16.6 Å². The molecule has 4 heteroatoms. The van der Waals surface area contributed by atoms with Crippen LogP contribution >= 0.6 is 0 Å². The number of hydrogen-bond donors (Lipinski definition) is 0. The molecule has 1 aromatic heterocycles. The maximum absolute atomic E-state index is 12.5. The molecule has 92 valence electrons. The Morgan fingerprint density at radius 2 is 2.00 bits per heavy atom. The van der Waals surface area contributed by atoms with Crippen molar-refractivity contribution in [3.05, 3.63) is 53.7 Å². The van der Waals surface area contributed by atoms with Crippen LogP contribution in [-0.2, 0) is 0 Å². The van der Waals surface area contributed by atoms with Gasteiger partial charge in [0.25, 0.3) is 0 Å². The Hall–Kier alpha value is -2.62. The minimum absolute atomic E-state index is 0.0198. The fourth-order valence-corrected chi connectivity index (χ4v) is 2.56. The number of carbonyl (C=O) groups excluding carboxylic acids is 1. The normalized spacial score (nSPS) is 12.6. The molecule has 2 aromatic carbocycles. The van der Waals surface area contributed by atoms with Gasteiger partial charge in [-0.15, -0.1) is 0 Å². The van der Waals surface area contributed by atoms with Crippen LogP contribution in [0.4, 0.5) is 0 Å². The van der Waals surface area contributed by atoms with Gasteiger partial charge >= 0.3 is 0 Å². The summed E-state index contributed by atoms with van der Waals surface area (Å²) >= 11 is 0. The van der Waals surface area contributed by atoms with E-state index in [9.17, 15) is 4.79 Å². The standard InChI is InChI=1S/C15H10N2O2/c1-19-9-6-7-12-11(8-9)14-15(18)10-4-2-3-5-13(10)17(14)16-12/h2-8H,1H3. The number of benzene rings is 2. The van der Waals surface area contributed by atoms with Gasteiger partial charge in [-0.1, -0.05) is 12.1 Å². The summed E-state index contributed by atoms with van der Waals surface area (Å²) in [6.45, 7) is 0. The molecule has 0 fully saturated rings. The van der Waals surface area contributed by atoms with E-state index < -0.39 is 0 Å². The van der Waals surface area contributed by atoms with E-state index in [0.717, 1.165) is 22.3 Å². The van der Waals surface area contributed by atoms with E-state index in [1.807, 2.05) is 42.5 Å². The van der Waals surface area contributed by atoms with E-state index in [1.54, 1.807) is 11.8 Å². The van der Waals surface area contributed by atoms with E-state index in [2.05, 4.69) is 5.10 Å². The summed E-state index contributed by atoms with van der Waals surface area (Å²) in [5.41, 5.74) is 2.97. The van der Waals surface area contributed by atoms with Gasteiger partial charge in [-0.05, 0) is 30.3 Å². The molecule has 1 aliphatic rings. The average Bonchev–Trinajstić information content (AvgIpc) is 2.96. The van der Waals surface area contributed by atoms with Crippen LogP contribution in [-0.4, -0.2) is 22.7 Å². The molecule has 0 radical (unpaired) electrons. The van der Waals surface area contributed by atoms with Crippen molar-refractivity contribution in [2.24, 2.45) is 0 Å². The Labute approximate surface area is 109 Å². The highest BCUT2D eigenvalue weighted by Gasteiger charge is 2.30. The predicted octanol–water partition coefficient (Wildman–Crippen LogP) is 2.58. The molecule has 0 bridgehead atoms. The van der Waals surface area contributed by atoms with Gasteiger partial charge in [0.05, 0.1) is 18.3 Å². The highest BCUT2D eigenvalue weighted by molar-refractivity contribution is 6.20. The zero-order chi connectivity index (χ0) is 13.0. The van der Waals surface area contributed by atoms with Crippen LogP contribution in [0.2, 0.25) is 0 Å². The molecule has 0 atom stereocenters. The molecule has 4 rings (SSSR count). The van der Waals surface area contributed by atoms with Gasteiger partial charge in [0.2, 0.25) is 5.78 Å². The van der Waals surface area contributed by atoms with Gasteiger partial charge in [0.1, 0.15) is 11.4 Å². The van der Waals surface area contributed by atoms with Gasteiger partial charge in [0, 0.05) is 10.9 Å². The molecular formula is C15H10N2O2. The van der Waals surface area contributed by atoms with Gasteiger partial charge in [-0.2, -0.15) is 5.10 Å². The Morgan fingerprint density at radius 1 is 1.16 bits per heavy atom. The first-order valence-electron chi connectivity index (χ1n) is 6.00. The largest absolute Gasteiger partial charge is 0.497 e. The third-order valence-corrected chi connectivity index (χ3v) is 3.47. The number of rotatable bonds is 1. The van der Waals surface area contributed by atoms with Crippen LogP contribution in [0, 0.1) is 0 Å². The zero-order valence-electron chi connectivity index (χ0n) is 10.3. The van der Waals surface area contributed by atoms with E-state index in [1.165, 1.54) is 0 Å². The van der Waals surface area contributed by atoms with Crippen molar-refractivity contribution in [3.63, 3.8) is 0 Å². The molecule has 0 saturated heterocycles. The number of nitrogens with zero attached hydrogens (tertiary/aromatic N) is 2. The molecule has 1 aliphatic heterocycles. The van der Waals surface area contributed by atoms with Crippen LogP contribution in [0.5, 0.6) is 5.75 Å². The zero-order valence-corrected chi connectivity index (χ0v) is 10.3. The second-order valence-corrected chi connectivity index (χ2v) is 4.49. The number of aromatic nitrogens is 2. The summed E-state index contributed by atoms with van der Waals surface area (Å²) in [7, 11) is 1.61. The minimum atomic E-state index is 0.0198. The predicted molar refractivity (Wildman–Crippen MR) is 71.1 cm³/mol. The second kappa shape index (κ2) is 3.45. The SMILES string of the molecule is COc1ccc2nn3c(c2c1)C(=O)c1ccccc1-3. The summed E-state index contributed by atoms with van der Waals surface area (Å²) in [4.78, 5) is 12.5. The Balaban J connectivity index is 2.10. The van der Waals surface area contributed by atoms with Gasteiger partial charge < -0.3 is 4.74 Å². The maximum atomic E-state index is 12.5. The lowest BCUT2D eigenvalue weighted by Gasteiger charge is -1.99. The lowest BCUT2D eigenvalue weighted by molar-refractivity contribution is 0.104. The topological polar surface area (TPSA) is 44.1 Å². The first-order chi connectivity index (χ1) is 9.29. The molecule has 0 saturated carbocycles. The first kappa shape index (κ1) is 10.3. The number of methoxy groups -OCH3 is 1. The smallest absolute Gasteiger partial charge is 0.214 e. The highest BCUT2D eigenvalue weighted by atomic mass is 16.5. The van der Waals surface area contributed by atoms with Gasteiger partial charge in [0.15, 0.2) is 0 Å². The Bertz CT molecular complexity index is 833. The van der Waals surface area contributed by atoms with Crippen molar-refractivity contribution in [3.8, 4) is 11.4 Å². The quantitative estimate of drug-likeness (QED) is 0.521. The van der Waals surface area contributed by atoms with Crippen molar-refractivity contribution in [2.45, 2.75) is 0 Å². The summed E-state index contributed by atoms with van der Waals surface area (Å²) in [6.07, 6.45) is 0. The van der Waals surface area contributed by atoms with Crippen LogP contribution in [0.3, 0.4) is 0 Å². The molecular weight excluding hydrogens is 240 g/mol. The van der Waals surface area contributed by atoms with E-state index in [-0.39, 0.29) is 5.78 Å². The van der Waals surface area contributed by atoms with Crippen LogP contribution in [0.1, 0.15) is 16.1 Å². The van der Waals surface area contributed by atoms with Crippen LogP contribution in [0.15, 0.2) is 42.5 Å². The fraction of sp³-hybridized carbons (Fsp3) is 0.0667. The van der Waals surface area contributed by atoms with Crippen LogP contribution < -0.4 is 4.74 Å². The molecule has 0 aliphatic carbocycles. The third-order valence-electron chi connectivity index (χ3n) is 3.47. The van der Waals surface area contributed by atoms with E-state index in [4.69, 9.17) is 4.74 Å². The number of para-hydroxylation sites is 1.